The summed E-state index contributed by atoms with van der Waals surface area (Å²) in [5.74, 6) is 0.00887. The van der Waals surface area contributed by atoms with E-state index in [-0.39, 0.29) is 23.0 Å². The molecule has 1 saturated heterocycles. The van der Waals surface area contributed by atoms with Gasteiger partial charge in [-0.1, -0.05) is 34.6 Å². The van der Waals surface area contributed by atoms with Crippen molar-refractivity contribution in [3.05, 3.63) is 34.4 Å². The normalized spacial score (nSPS) is 20.8. The van der Waals surface area contributed by atoms with Crippen molar-refractivity contribution in [1.82, 2.24) is 18.9 Å². The van der Waals surface area contributed by atoms with Crippen molar-refractivity contribution >= 4 is 11.7 Å². The Kier molecular flexibility index (Phi) is 4.78. The van der Waals surface area contributed by atoms with Gasteiger partial charge in [0.25, 0.3) is 0 Å². The Morgan fingerprint density at radius 2 is 2.04 bits per heavy atom. The lowest BCUT2D eigenvalue weighted by atomic mass is 9.85. The molecule has 0 radical (unpaired) electrons. The molecule has 27 heavy (non-hydrogen) atoms. The number of hydrogen-bond donors (Lipinski definition) is 1. The highest BCUT2D eigenvalue weighted by Gasteiger charge is 2.45. The maximum Gasteiger partial charge on any atom is 0.408 e. The molecular formula is C19H27FN4O3. The van der Waals surface area contributed by atoms with E-state index in [0.29, 0.717) is 25.2 Å². The Labute approximate surface area is 157 Å². The predicted molar refractivity (Wildman–Crippen MR) is 99.3 cm³/mol. The van der Waals surface area contributed by atoms with Gasteiger partial charge in [-0.2, -0.15) is 0 Å². The molecule has 1 aliphatic rings. The summed E-state index contributed by atoms with van der Waals surface area (Å²) in [6.07, 6.45) is 1.37. The summed E-state index contributed by atoms with van der Waals surface area (Å²) < 4.78 is 16.4. The molecule has 2 atom stereocenters. The summed E-state index contributed by atoms with van der Waals surface area (Å²) in [6, 6.07) is 0.497. The van der Waals surface area contributed by atoms with Gasteiger partial charge >= 0.3 is 11.8 Å². The highest BCUT2D eigenvalue weighted by Crippen LogP contribution is 2.42. The second-order valence-electron chi connectivity index (χ2n) is 8.81. The van der Waals surface area contributed by atoms with E-state index in [1.165, 1.54) is 19.9 Å². The van der Waals surface area contributed by atoms with Gasteiger partial charge in [0, 0.05) is 18.7 Å². The molecule has 8 heteroatoms. The fraction of sp³-hybridized carbons (Fsp3) is 0.632. The number of carbonyl (C=O) groups is 1. The van der Waals surface area contributed by atoms with Crippen LogP contribution in [0.4, 0.5) is 9.18 Å². The van der Waals surface area contributed by atoms with Crippen molar-refractivity contribution in [3.63, 3.8) is 0 Å². The van der Waals surface area contributed by atoms with Crippen molar-refractivity contribution in [2.75, 3.05) is 0 Å². The highest BCUT2D eigenvalue weighted by molar-refractivity contribution is 5.67. The van der Waals surface area contributed by atoms with Crippen LogP contribution in [0.15, 0.2) is 17.1 Å². The molecule has 0 spiro atoms. The van der Waals surface area contributed by atoms with Crippen LogP contribution < -0.4 is 5.69 Å². The number of nitrogens with zero attached hydrogens (tertiary/aromatic N) is 4. The molecule has 148 valence electrons. The summed E-state index contributed by atoms with van der Waals surface area (Å²) in [6.45, 7) is 10.4. The first-order valence-electron chi connectivity index (χ1n) is 9.30. The molecule has 3 rings (SSSR count). The molecule has 1 aliphatic heterocycles. The maximum atomic E-state index is 13.7. The molecule has 0 aromatic carbocycles. The summed E-state index contributed by atoms with van der Waals surface area (Å²) >= 11 is 0. The Morgan fingerprint density at radius 3 is 2.59 bits per heavy atom. The third-order valence-electron chi connectivity index (χ3n) is 5.16. The summed E-state index contributed by atoms with van der Waals surface area (Å²) in [5, 5.41) is 9.88. The minimum absolute atomic E-state index is 0.152. The van der Waals surface area contributed by atoms with Crippen molar-refractivity contribution in [2.45, 2.75) is 66.1 Å². The van der Waals surface area contributed by atoms with Gasteiger partial charge in [-0.05, 0) is 24.2 Å². The minimum atomic E-state index is -1.02. The first kappa shape index (κ1) is 19.4. The van der Waals surface area contributed by atoms with Crippen LogP contribution in [0.3, 0.4) is 0 Å². The molecule has 2 aromatic heterocycles. The third-order valence-corrected chi connectivity index (χ3v) is 5.16. The van der Waals surface area contributed by atoms with Crippen molar-refractivity contribution in [2.24, 2.45) is 11.3 Å². The second-order valence-corrected chi connectivity index (χ2v) is 8.81. The molecule has 1 N–H and O–H groups in total. The molecule has 0 saturated carbocycles. The standard InChI is InChI=1S/C19H27FN4O3/c1-11(2)9-23-16(21-15-8-12(20)10-22(15)17(23)25)13-6-7-14(19(3,4)5)24(13)18(26)27/h8,10-11,13-14H,6-7,9H2,1-5H3,(H,26,27). The number of likely N-dealkylation sites (tertiary alicyclic amines) is 1. The van der Waals surface area contributed by atoms with Gasteiger partial charge in [-0.3, -0.25) is 9.47 Å². The van der Waals surface area contributed by atoms with Gasteiger partial charge in [-0.15, -0.1) is 0 Å². The van der Waals surface area contributed by atoms with Gasteiger partial charge in [0.15, 0.2) is 0 Å². The first-order chi connectivity index (χ1) is 12.5. The number of amides is 1. The van der Waals surface area contributed by atoms with Gasteiger partial charge in [0.1, 0.15) is 17.3 Å². The predicted octanol–water partition coefficient (Wildman–Crippen LogP) is 3.52. The molecule has 0 bridgehead atoms. The highest BCUT2D eigenvalue weighted by atomic mass is 19.1. The lowest BCUT2D eigenvalue weighted by molar-refractivity contribution is 0.0835. The van der Waals surface area contributed by atoms with E-state index in [1.54, 1.807) is 0 Å². The van der Waals surface area contributed by atoms with Crippen molar-refractivity contribution in [1.29, 1.82) is 0 Å². The van der Waals surface area contributed by atoms with E-state index in [4.69, 9.17) is 0 Å². The third kappa shape index (κ3) is 3.44. The van der Waals surface area contributed by atoms with E-state index < -0.39 is 23.6 Å². The molecule has 0 aliphatic carbocycles. The van der Waals surface area contributed by atoms with E-state index in [2.05, 4.69) is 4.98 Å². The smallest absolute Gasteiger partial charge is 0.408 e. The van der Waals surface area contributed by atoms with Crippen molar-refractivity contribution < 1.29 is 14.3 Å². The van der Waals surface area contributed by atoms with Gasteiger partial charge < -0.3 is 5.11 Å². The second kappa shape index (κ2) is 6.65. The lowest BCUT2D eigenvalue weighted by Crippen LogP contribution is -2.45. The maximum absolute atomic E-state index is 13.7. The van der Waals surface area contributed by atoms with Crippen LogP contribution in [0.2, 0.25) is 0 Å². The quantitative estimate of drug-likeness (QED) is 0.886. The number of aromatic nitrogens is 3. The minimum Gasteiger partial charge on any atom is -0.465 e. The summed E-state index contributed by atoms with van der Waals surface area (Å²) in [7, 11) is 0. The Morgan fingerprint density at radius 1 is 1.37 bits per heavy atom. The van der Waals surface area contributed by atoms with Crippen LogP contribution in [0.5, 0.6) is 0 Å². The number of carboxylic acid groups (broad SMARTS) is 1. The van der Waals surface area contributed by atoms with Crippen LogP contribution >= 0.6 is 0 Å². The Hall–Kier alpha value is -2.38. The van der Waals surface area contributed by atoms with Crippen LogP contribution in [0.1, 0.15) is 59.3 Å². The van der Waals surface area contributed by atoms with Gasteiger partial charge in [0.2, 0.25) is 0 Å². The molecule has 2 unspecified atom stereocenters. The van der Waals surface area contributed by atoms with E-state index >= 15 is 0 Å². The average molecular weight is 378 g/mol. The number of fused-ring (bicyclic) bond motifs is 1. The van der Waals surface area contributed by atoms with E-state index in [0.717, 1.165) is 6.20 Å². The SMILES string of the molecule is CC(C)Cn1c(C2CCC(C(C)(C)C)N2C(=O)O)nc2cc(F)cn2c1=O. The van der Waals surface area contributed by atoms with Crippen LogP contribution in [0, 0.1) is 17.2 Å². The molecular weight excluding hydrogens is 351 g/mol. The van der Waals surface area contributed by atoms with Gasteiger partial charge in [-0.25, -0.2) is 23.4 Å². The van der Waals surface area contributed by atoms with Crippen LogP contribution in [0.25, 0.3) is 5.65 Å². The topological polar surface area (TPSA) is 79.8 Å². The number of halogens is 1. The molecule has 1 fully saturated rings. The fourth-order valence-electron chi connectivity index (χ4n) is 4.04. The lowest BCUT2D eigenvalue weighted by Gasteiger charge is -2.36. The first-order valence-corrected chi connectivity index (χ1v) is 9.30. The molecule has 2 aromatic rings. The number of hydrogen-bond acceptors (Lipinski definition) is 3. The summed E-state index contributed by atoms with van der Waals surface area (Å²) in [5.41, 5.74) is -0.420. The molecule has 1 amide bonds. The fourth-order valence-corrected chi connectivity index (χ4v) is 4.04. The van der Waals surface area contributed by atoms with Crippen molar-refractivity contribution in [3.8, 4) is 0 Å². The molecule has 3 heterocycles. The van der Waals surface area contributed by atoms with E-state index in [9.17, 15) is 19.1 Å². The Balaban J connectivity index is 2.20. The molecule has 7 nitrogen and oxygen atoms in total. The zero-order valence-electron chi connectivity index (χ0n) is 16.4. The van der Waals surface area contributed by atoms with Crippen LogP contribution in [-0.2, 0) is 6.54 Å². The zero-order valence-corrected chi connectivity index (χ0v) is 16.4. The zero-order chi connectivity index (χ0) is 20.1. The van der Waals surface area contributed by atoms with E-state index in [1.807, 2.05) is 34.6 Å². The van der Waals surface area contributed by atoms with Gasteiger partial charge in [0.05, 0.1) is 12.2 Å². The monoisotopic (exact) mass is 378 g/mol. The largest absolute Gasteiger partial charge is 0.465 e. The Bertz CT molecular complexity index is 925. The van der Waals surface area contributed by atoms with Crippen LogP contribution in [-0.4, -0.2) is 36.1 Å². The average Bonchev–Trinajstić information content (AvgIpc) is 3.12. The number of rotatable bonds is 3. The summed E-state index contributed by atoms with van der Waals surface area (Å²) in [4.78, 5) is 31.0.